The lowest BCUT2D eigenvalue weighted by atomic mass is 9.87. The maximum absolute atomic E-state index is 12.5. The van der Waals surface area contributed by atoms with E-state index in [9.17, 15) is 9.59 Å². The predicted octanol–water partition coefficient (Wildman–Crippen LogP) is 2.96. The van der Waals surface area contributed by atoms with Crippen molar-refractivity contribution >= 4 is 17.4 Å². The molecule has 0 radical (unpaired) electrons. The highest BCUT2D eigenvalue weighted by atomic mass is 16.2. The number of carbonyl (C=O) groups is 2. The summed E-state index contributed by atoms with van der Waals surface area (Å²) < 4.78 is 0. The molecule has 0 spiro atoms. The van der Waals surface area contributed by atoms with Gasteiger partial charge in [0.25, 0.3) is 0 Å². The van der Waals surface area contributed by atoms with Crippen LogP contribution in [0.5, 0.6) is 0 Å². The fraction of sp³-hybridized carbons (Fsp3) is 0.500. The second kappa shape index (κ2) is 5.55. The van der Waals surface area contributed by atoms with Crippen LogP contribution in [0.2, 0.25) is 0 Å². The van der Waals surface area contributed by atoms with Crippen LogP contribution in [-0.2, 0) is 9.59 Å². The Morgan fingerprint density at radius 3 is 2.47 bits per heavy atom. The Morgan fingerprint density at radius 2 is 1.89 bits per heavy atom. The van der Waals surface area contributed by atoms with Gasteiger partial charge in [-0.3, -0.25) is 9.59 Å². The Hall–Kier alpha value is -1.64. The summed E-state index contributed by atoms with van der Waals surface area (Å²) >= 11 is 0. The lowest BCUT2D eigenvalue weighted by Gasteiger charge is -2.32. The normalized spacial score (nSPS) is 19.9. The monoisotopic (exact) mass is 259 g/mol. The van der Waals surface area contributed by atoms with Gasteiger partial charge >= 0.3 is 0 Å². The standard InChI is InChI=1S/C16H21NO2/c1-11(2)15(18)14-5-4-10-17(16(14)19)13-8-6-12(3)7-9-13/h6-9,11,14H,4-5,10H2,1-3H3. The van der Waals surface area contributed by atoms with Crippen LogP contribution in [-0.4, -0.2) is 18.2 Å². The van der Waals surface area contributed by atoms with Gasteiger partial charge in [-0.25, -0.2) is 0 Å². The molecule has 0 saturated carbocycles. The van der Waals surface area contributed by atoms with E-state index in [2.05, 4.69) is 0 Å². The number of aryl methyl sites for hydroxylation is 1. The number of anilines is 1. The van der Waals surface area contributed by atoms with Gasteiger partial charge in [-0.15, -0.1) is 0 Å². The SMILES string of the molecule is Cc1ccc(N2CCCC(C(=O)C(C)C)C2=O)cc1. The Bertz CT molecular complexity index is 476. The zero-order chi connectivity index (χ0) is 14.0. The molecule has 3 nitrogen and oxygen atoms in total. The van der Waals surface area contributed by atoms with E-state index in [1.165, 1.54) is 5.56 Å². The fourth-order valence-corrected chi connectivity index (χ4v) is 2.52. The van der Waals surface area contributed by atoms with Crippen molar-refractivity contribution in [1.82, 2.24) is 0 Å². The number of rotatable bonds is 3. The Balaban J connectivity index is 2.21. The Labute approximate surface area is 114 Å². The number of amides is 1. The number of hydrogen-bond acceptors (Lipinski definition) is 2. The highest BCUT2D eigenvalue weighted by Crippen LogP contribution is 2.26. The zero-order valence-electron chi connectivity index (χ0n) is 11.8. The summed E-state index contributed by atoms with van der Waals surface area (Å²) in [5, 5.41) is 0. The smallest absolute Gasteiger partial charge is 0.237 e. The molecule has 1 unspecified atom stereocenters. The van der Waals surface area contributed by atoms with Gasteiger partial charge in [-0.1, -0.05) is 31.5 Å². The van der Waals surface area contributed by atoms with E-state index in [1.54, 1.807) is 4.90 Å². The maximum atomic E-state index is 12.5. The van der Waals surface area contributed by atoms with Gasteiger partial charge in [0.15, 0.2) is 0 Å². The number of ketones is 1. The van der Waals surface area contributed by atoms with E-state index < -0.39 is 5.92 Å². The van der Waals surface area contributed by atoms with E-state index in [0.29, 0.717) is 13.0 Å². The quantitative estimate of drug-likeness (QED) is 0.783. The first-order valence-electron chi connectivity index (χ1n) is 6.92. The third kappa shape index (κ3) is 2.86. The van der Waals surface area contributed by atoms with Gasteiger partial charge in [-0.2, -0.15) is 0 Å². The zero-order valence-corrected chi connectivity index (χ0v) is 11.8. The van der Waals surface area contributed by atoms with Crippen molar-refractivity contribution in [2.45, 2.75) is 33.6 Å². The van der Waals surface area contributed by atoms with Gasteiger partial charge in [0.1, 0.15) is 5.78 Å². The van der Waals surface area contributed by atoms with Gasteiger partial charge < -0.3 is 4.90 Å². The average Bonchev–Trinajstić information content (AvgIpc) is 2.39. The molecule has 19 heavy (non-hydrogen) atoms. The third-order valence-corrected chi connectivity index (χ3v) is 3.70. The predicted molar refractivity (Wildman–Crippen MR) is 76.1 cm³/mol. The highest BCUT2D eigenvalue weighted by Gasteiger charge is 2.35. The van der Waals surface area contributed by atoms with E-state index in [4.69, 9.17) is 0 Å². The first kappa shape index (κ1) is 13.8. The Kier molecular flexibility index (Phi) is 4.03. The molecular weight excluding hydrogens is 238 g/mol. The summed E-state index contributed by atoms with van der Waals surface area (Å²) in [6.07, 6.45) is 1.58. The second-order valence-electron chi connectivity index (χ2n) is 5.58. The summed E-state index contributed by atoms with van der Waals surface area (Å²) in [6.45, 7) is 6.46. The summed E-state index contributed by atoms with van der Waals surface area (Å²) in [5.41, 5.74) is 2.07. The van der Waals surface area contributed by atoms with E-state index in [0.717, 1.165) is 12.1 Å². The molecule has 1 aromatic rings. The average molecular weight is 259 g/mol. The molecule has 1 aromatic carbocycles. The summed E-state index contributed by atoms with van der Waals surface area (Å²) in [5.74, 6) is -0.488. The molecule has 1 saturated heterocycles. The van der Waals surface area contributed by atoms with E-state index in [-0.39, 0.29) is 17.6 Å². The molecule has 0 aromatic heterocycles. The van der Waals surface area contributed by atoms with Crippen LogP contribution < -0.4 is 4.90 Å². The first-order valence-corrected chi connectivity index (χ1v) is 6.92. The minimum absolute atomic E-state index is 0.0335. The highest BCUT2D eigenvalue weighted by molar-refractivity contribution is 6.09. The molecule has 1 aliphatic rings. The lowest BCUT2D eigenvalue weighted by molar-refractivity contribution is -0.135. The maximum Gasteiger partial charge on any atom is 0.237 e. The minimum atomic E-state index is -0.449. The van der Waals surface area contributed by atoms with Crippen molar-refractivity contribution in [3.05, 3.63) is 29.8 Å². The van der Waals surface area contributed by atoms with Crippen molar-refractivity contribution in [2.75, 3.05) is 11.4 Å². The number of Topliss-reactive ketones (excluding diaryl/α,β-unsaturated/α-hetero) is 1. The molecule has 1 atom stereocenters. The largest absolute Gasteiger partial charge is 0.312 e. The molecule has 1 fully saturated rings. The van der Waals surface area contributed by atoms with Crippen molar-refractivity contribution in [2.24, 2.45) is 11.8 Å². The molecule has 102 valence electrons. The van der Waals surface area contributed by atoms with Crippen molar-refractivity contribution in [3.8, 4) is 0 Å². The third-order valence-electron chi connectivity index (χ3n) is 3.70. The van der Waals surface area contributed by atoms with Gasteiger partial charge in [0.2, 0.25) is 5.91 Å². The van der Waals surface area contributed by atoms with Crippen molar-refractivity contribution in [1.29, 1.82) is 0 Å². The number of nitrogens with zero attached hydrogens (tertiary/aromatic N) is 1. The summed E-state index contributed by atoms with van der Waals surface area (Å²) in [7, 11) is 0. The van der Waals surface area contributed by atoms with Crippen LogP contribution in [0.15, 0.2) is 24.3 Å². The molecule has 1 amide bonds. The molecule has 1 heterocycles. The summed E-state index contributed by atoms with van der Waals surface area (Å²) in [4.78, 5) is 26.3. The number of piperidine rings is 1. The first-order chi connectivity index (χ1) is 9.00. The van der Waals surface area contributed by atoms with Crippen LogP contribution >= 0.6 is 0 Å². The molecule has 1 aliphatic heterocycles. The Morgan fingerprint density at radius 1 is 1.26 bits per heavy atom. The molecule has 0 bridgehead atoms. The van der Waals surface area contributed by atoms with Gasteiger partial charge in [-0.05, 0) is 31.9 Å². The molecule has 2 rings (SSSR count). The van der Waals surface area contributed by atoms with E-state index in [1.807, 2.05) is 45.0 Å². The molecular formula is C16H21NO2. The van der Waals surface area contributed by atoms with Crippen LogP contribution in [0, 0.1) is 18.8 Å². The second-order valence-corrected chi connectivity index (χ2v) is 5.58. The van der Waals surface area contributed by atoms with Crippen molar-refractivity contribution < 1.29 is 9.59 Å². The van der Waals surface area contributed by atoms with Crippen LogP contribution in [0.4, 0.5) is 5.69 Å². The molecule has 0 aliphatic carbocycles. The van der Waals surface area contributed by atoms with E-state index >= 15 is 0 Å². The number of carbonyl (C=O) groups excluding carboxylic acids is 2. The van der Waals surface area contributed by atoms with Crippen LogP contribution in [0.25, 0.3) is 0 Å². The lowest BCUT2D eigenvalue weighted by Crippen LogP contribution is -2.45. The minimum Gasteiger partial charge on any atom is -0.312 e. The molecule has 0 N–H and O–H groups in total. The van der Waals surface area contributed by atoms with Crippen LogP contribution in [0.1, 0.15) is 32.3 Å². The fourth-order valence-electron chi connectivity index (χ4n) is 2.52. The van der Waals surface area contributed by atoms with Gasteiger partial charge in [0.05, 0.1) is 5.92 Å². The van der Waals surface area contributed by atoms with Crippen molar-refractivity contribution in [3.63, 3.8) is 0 Å². The summed E-state index contributed by atoms with van der Waals surface area (Å²) in [6, 6.07) is 7.90. The topological polar surface area (TPSA) is 37.4 Å². The van der Waals surface area contributed by atoms with Crippen LogP contribution in [0.3, 0.4) is 0 Å². The number of hydrogen-bond donors (Lipinski definition) is 0. The van der Waals surface area contributed by atoms with Gasteiger partial charge in [0, 0.05) is 18.2 Å². The molecule has 3 heteroatoms. The number of benzene rings is 1.